The molecule has 3 aliphatic rings. The molecule has 5 heterocycles. The number of nitrogens with zero attached hydrogens (tertiary/aromatic N) is 7. The molecule has 31 heavy (non-hydrogen) atoms. The number of hydrogen-bond donors (Lipinski definition) is 0. The van der Waals surface area contributed by atoms with E-state index in [1.54, 1.807) is 0 Å². The fourth-order valence-corrected chi connectivity index (χ4v) is 5.30. The van der Waals surface area contributed by atoms with Gasteiger partial charge in [-0.05, 0) is 33.6 Å². The lowest BCUT2D eigenvalue weighted by Gasteiger charge is -2.41. The summed E-state index contributed by atoms with van der Waals surface area (Å²) >= 11 is 0. The molecule has 0 spiro atoms. The fraction of sp³-hybridized carbons (Fsp3) is 0.636. The van der Waals surface area contributed by atoms with Gasteiger partial charge in [0, 0.05) is 55.9 Å². The molecule has 2 aromatic heterocycles. The van der Waals surface area contributed by atoms with E-state index in [9.17, 15) is 9.18 Å². The van der Waals surface area contributed by atoms with Gasteiger partial charge < -0.3 is 9.80 Å². The van der Waals surface area contributed by atoms with Crippen LogP contribution in [0.15, 0.2) is 18.6 Å². The first-order valence-corrected chi connectivity index (χ1v) is 11.1. The van der Waals surface area contributed by atoms with Gasteiger partial charge in [-0.25, -0.2) is 14.4 Å². The monoisotopic (exact) mass is 427 g/mol. The molecule has 2 bridgehead atoms. The van der Waals surface area contributed by atoms with E-state index < -0.39 is 5.82 Å². The standard InChI is InChI=1S/C22H30FN7O/c1-22(2,3)30-19-6-7-28(11-15(19)8-26-30)20(31)14-27-12-17-4-5-18(13-27)29(17)21-24-9-16(23)10-25-21/h8-10,17-18H,4-7,11-14H2,1-3H3. The van der Waals surface area contributed by atoms with Crippen molar-refractivity contribution in [1.29, 1.82) is 0 Å². The molecule has 0 aromatic carbocycles. The summed E-state index contributed by atoms with van der Waals surface area (Å²) in [4.78, 5) is 27.9. The molecule has 2 aromatic rings. The van der Waals surface area contributed by atoms with Crippen molar-refractivity contribution in [1.82, 2.24) is 29.5 Å². The van der Waals surface area contributed by atoms with Gasteiger partial charge in [0.15, 0.2) is 5.82 Å². The minimum atomic E-state index is -0.418. The first-order valence-electron chi connectivity index (χ1n) is 11.1. The number of aromatic nitrogens is 4. The summed E-state index contributed by atoms with van der Waals surface area (Å²) in [6, 6.07) is 0.546. The third-order valence-corrected chi connectivity index (χ3v) is 6.68. The van der Waals surface area contributed by atoms with Gasteiger partial charge in [0.2, 0.25) is 11.9 Å². The summed E-state index contributed by atoms with van der Waals surface area (Å²) in [5.74, 6) is 0.359. The Morgan fingerprint density at radius 1 is 1.13 bits per heavy atom. The largest absolute Gasteiger partial charge is 0.337 e. The van der Waals surface area contributed by atoms with Crippen LogP contribution in [0.2, 0.25) is 0 Å². The fourth-order valence-electron chi connectivity index (χ4n) is 5.30. The van der Waals surface area contributed by atoms with Crippen LogP contribution in [0, 0.1) is 5.82 Å². The molecule has 2 unspecified atom stereocenters. The van der Waals surface area contributed by atoms with E-state index in [-0.39, 0.29) is 23.5 Å². The molecular formula is C22H30FN7O. The third kappa shape index (κ3) is 3.79. The van der Waals surface area contributed by atoms with Crippen LogP contribution in [-0.2, 0) is 23.3 Å². The minimum absolute atomic E-state index is 0.0487. The van der Waals surface area contributed by atoms with Crippen LogP contribution in [0.25, 0.3) is 0 Å². The number of carbonyl (C=O) groups is 1. The number of amides is 1. The second-order valence-electron chi connectivity index (χ2n) is 9.95. The lowest BCUT2D eigenvalue weighted by Crippen LogP contribution is -2.56. The van der Waals surface area contributed by atoms with Crippen LogP contribution in [-0.4, -0.2) is 73.7 Å². The average Bonchev–Trinajstić information content (AvgIpc) is 3.27. The molecule has 0 saturated carbocycles. The molecule has 1 amide bonds. The highest BCUT2D eigenvalue weighted by Gasteiger charge is 2.42. The molecule has 2 fully saturated rings. The Hall–Kier alpha value is -2.55. The highest BCUT2D eigenvalue weighted by atomic mass is 19.1. The first kappa shape index (κ1) is 20.4. The predicted molar refractivity (Wildman–Crippen MR) is 114 cm³/mol. The van der Waals surface area contributed by atoms with E-state index >= 15 is 0 Å². The van der Waals surface area contributed by atoms with Crippen LogP contribution in [0.5, 0.6) is 0 Å². The van der Waals surface area contributed by atoms with Crippen LogP contribution in [0.4, 0.5) is 10.3 Å². The van der Waals surface area contributed by atoms with Crippen LogP contribution in [0.3, 0.4) is 0 Å². The number of rotatable bonds is 3. The molecule has 0 radical (unpaired) electrons. The topological polar surface area (TPSA) is 70.4 Å². The lowest BCUT2D eigenvalue weighted by molar-refractivity contribution is -0.133. The molecule has 2 atom stereocenters. The third-order valence-electron chi connectivity index (χ3n) is 6.68. The number of hydrogen-bond acceptors (Lipinski definition) is 6. The van der Waals surface area contributed by atoms with E-state index in [0.717, 1.165) is 44.5 Å². The van der Waals surface area contributed by atoms with Crippen molar-refractivity contribution in [2.75, 3.05) is 31.1 Å². The zero-order valence-corrected chi connectivity index (χ0v) is 18.5. The summed E-state index contributed by atoms with van der Waals surface area (Å²) in [5, 5.41) is 4.58. The number of fused-ring (bicyclic) bond motifs is 3. The van der Waals surface area contributed by atoms with E-state index in [1.165, 1.54) is 18.1 Å². The lowest BCUT2D eigenvalue weighted by atomic mass is 10.0. The Morgan fingerprint density at radius 3 is 2.45 bits per heavy atom. The Kier molecular flexibility index (Phi) is 4.96. The van der Waals surface area contributed by atoms with Crippen molar-refractivity contribution in [3.63, 3.8) is 0 Å². The van der Waals surface area contributed by atoms with E-state index in [4.69, 9.17) is 0 Å². The maximum atomic E-state index is 13.2. The number of piperazine rings is 1. The molecule has 0 N–H and O–H groups in total. The SMILES string of the molecule is CC(C)(C)n1ncc2c1CCN(C(=O)CN1CC3CCC(C1)N3c1ncc(F)cn1)C2. The second-order valence-corrected chi connectivity index (χ2v) is 9.95. The van der Waals surface area contributed by atoms with Crippen molar-refractivity contribution in [2.45, 2.75) is 64.2 Å². The Morgan fingerprint density at radius 2 is 1.81 bits per heavy atom. The summed E-state index contributed by atoms with van der Waals surface area (Å²) < 4.78 is 15.3. The average molecular weight is 428 g/mol. The number of anilines is 1. The predicted octanol–water partition coefficient (Wildman–Crippen LogP) is 1.81. The number of carbonyl (C=O) groups excluding carboxylic acids is 1. The van der Waals surface area contributed by atoms with Crippen molar-refractivity contribution >= 4 is 11.9 Å². The molecule has 2 saturated heterocycles. The van der Waals surface area contributed by atoms with Gasteiger partial charge in [-0.15, -0.1) is 0 Å². The maximum Gasteiger partial charge on any atom is 0.237 e. The van der Waals surface area contributed by atoms with Crippen LogP contribution >= 0.6 is 0 Å². The van der Waals surface area contributed by atoms with Gasteiger partial charge >= 0.3 is 0 Å². The summed E-state index contributed by atoms with van der Waals surface area (Å²) in [7, 11) is 0. The zero-order chi connectivity index (χ0) is 21.8. The Bertz CT molecular complexity index is 953. The van der Waals surface area contributed by atoms with Crippen molar-refractivity contribution < 1.29 is 9.18 Å². The minimum Gasteiger partial charge on any atom is -0.337 e. The van der Waals surface area contributed by atoms with E-state index in [2.05, 4.69) is 50.3 Å². The van der Waals surface area contributed by atoms with Gasteiger partial charge in [-0.3, -0.25) is 14.4 Å². The molecular weight excluding hydrogens is 397 g/mol. The Balaban J connectivity index is 1.22. The van der Waals surface area contributed by atoms with Crippen LogP contribution in [0.1, 0.15) is 44.9 Å². The van der Waals surface area contributed by atoms with Crippen molar-refractivity contribution in [3.05, 3.63) is 35.7 Å². The molecule has 3 aliphatic heterocycles. The zero-order valence-electron chi connectivity index (χ0n) is 18.5. The quantitative estimate of drug-likeness (QED) is 0.744. The normalized spacial score (nSPS) is 23.9. The number of halogens is 1. The highest BCUT2D eigenvalue weighted by Crippen LogP contribution is 2.33. The summed E-state index contributed by atoms with van der Waals surface area (Å²) in [6.45, 7) is 9.90. The highest BCUT2D eigenvalue weighted by molar-refractivity contribution is 5.78. The van der Waals surface area contributed by atoms with Crippen LogP contribution < -0.4 is 4.90 Å². The van der Waals surface area contributed by atoms with Gasteiger partial charge in [0.1, 0.15) is 0 Å². The molecule has 0 aliphatic carbocycles. The van der Waals surface area contributed by atoms with Crippen molar-refractivity contribution in [3.8, 4) is 0 Å². The van der Waals surface area contributed by atoms with Crippen molar-refractivity contribution in [2.24, 2.45) is 0 Å². The molecule has 9 heteroatoms. The summed E-state index contributed by atoms with van der Waals surface area (Å²) in [6.07, 6.45) is 7.32. The van der Waals surface area contributed by atoms with Gasteiger partial charge in [-0.1, -0.05) is 0 Å². The molecule has 166 valence electrons. The summed E-state index contributed by atoms with van der Waals surface area (Å²) in [5.41, 5.74) is 2.36. The molecule has 5 rings (SSSR count). The first-order chi connectivity index (χ1) is 14.8. The van der Waals surface area contributed by atoms with E-state index in [1.807, 2.05) is 11.1 Å². The molecule has 8 nitrogen and oxygen atoms in total. The smallest absolute Gasteiger partial charge is 0.237 e. The van der Waals surface area contributed by atoms with Gasteiger partial charge in [0.05, 0.1) is 30.7 Å². The van der Waals surface area contributed by atoms with E-state index in [0.29, 0.717) is 19.0 Å². The second kappa shape index (κ2) is 7.55. The maximum absolute atomic E-state index is 13.2. The Labute approximate surface area is 182 Å². The number of likely N-dealkylation sites (tertiary alicyclic amines) is 1. The van der Waals surface area contributed by atoms with Gasteiger partial charge in [-0.2, -0.15) is 5.10 Å². The van der Waals surface area contributed by atoms with Gasteiger partial charge in [0.25, 0.3) is 0 Å².